The number of amides is 1. The number of fused-ring (bicyclic) bond motifs is 1. The average Bonchev–Trinajstić information content (AvgIpc) is 3.33. The Labute approximate surface area is 182 Å². The third kappa shape index (κ3) is 4.40. The number of sulfonamides is 1. The summed E-state index contributed by atoms with van der Waals surface area (Å²) in [5, 5.41) is 3.01. The third-order valence-corrected chi connectivity index (χ3v) is 7.61. The van der Waals surface area contributed by atoms with Crippen LogP contribution >= 0.6 is 0 Å². The Kier molecular flexibility index (Phi) is 5.93. The van der Waals surface area contributed by atoms with Crippen molar-refractivity contribution in [1.82, 2.24) is 19.2 Å². The van der Waals surface area contributed by atoms with Crippen LogP contribution in [0.2, 0.25) is 0 Å². The summed E-state index contributed by atoms with van der Waals surface area (Å²) in [6.45, 7) is 3.73. The van der Waals surface area contributed by atoms with E-state index < -0.39 is 16.1 Å². The Morgan fingerprint density at radius 2 is 1.87 bits per heavy atom. The lowest BCUT2D eigenvalue weighted by Gasteiger charge is -2.35. The van der Waals surface area contributed by atoms with Crippen LogP contribution < -0.4 is 5.32 Å². The number of carbonyl (C=O) groups is 1. The van der Waals surface area contributed by atoms with Gasteiger partial charge in [0.25, 0.3) is 0 Å². The molecule has 2 atom stereocenters. The van der Waals surface area contributed by atoms with E-state index in [9.17, 15) is 13.2 Å². The van der Waals surface area contributed by atoms with E-state index >= 15 is 0 Å². The minimum Gasteiger partial charge on any atom is -0.348 e. The normalized spacial score (nSPS) is 17.7. The molecule has 0 unspecified atom stereocenters. The van der Waals surface area contributed by atoms with E-state index in [4.69, 9.17) is 0 Å². The van der Waals surface area contributed by atoms with Gasteiger partial charge in [0.15, 0.2) is 0 Å². The Morgan fingerprint density at radius 3 is 2.52 bits per heavy atom. The SMILES string of the molecule is CCS(=O)(=O)N1Cc2ccccc2C[C@@H]1C(=O)N[C@H](C)c1ccc(-n2ccnc2)cc1. The first-order valence-electron chi connectivity index (χ1n) is 10.3. The van der Waals surface area contributed by atoms with Crippen LogP contribution in [0, 0.1) is 0 Å². The molecule has 31 heavy (non-hydrogen) atoms. The van der Waals surface area contributed by atoms with Crippen molar-refractivity contribution < 1.29 is 13.2 Å². The molecule has 1 aliphatic heterocycles. The molecule has 0 spiro atoms. The molecule has 1 aliphatic rings. The predicted octanol–water partition coefficient (Wildman–Crippen LogP) is 2.83. The molecule has 0 radical (unpaired) electrons. The lowest BCUT2D eigenvalue weighted by molar-refractivity contribution is -0.125. The Hall–Kier alpha value is -2.97. The van der Waals surface area contributed by atoms with Crippen LogP contribution in [0.1, 0.15) is 36.6 Å². The maximum Gasteiger partial charge on any atom is 0.239 e. The van der Waals surface area contributed by atoms with Crippen LogP contribution in [0.5, 0.6) is 0 Å². The van der Waals surface area contributed by atoms with Gasteiger partial charge in [-0.1, -0.05) is 36.4 Å². The molecule has 2 aromatic carbocycles. The lowest BCUT2D eigenvalue weighted by atomic mass is 9.95. The number of imidazole rings is 1. The molecule has 0 saturated heterocycles. The molecular weight excluding hydrogens is 412 g/mol. The summed E-state index contributed by atoms with van der Waals surface area (Å²) in [6.07, 6.45) is 5.68. The van der Waals surface area contributed by atoms with Crippen LogP contribution in [0.25, 0.3) is 5.69 Å². The summed E-state index contributed by atoms with van der Waals surface area (Å²) < 4.78 is 28.7. The Morgan fingerprint density at radius 1 is 1.16 bits per heavy atom. The van der Waals surface area contributed by atoms with Gasteiger partial charge in [0.05, 0.1) is 18.1 Å². The molecule has 1 N–H and O–H groups in total. The highest BCUT2D eigenvalue weighted by molar-refractivity contribution is 7.89. The third-order valence-electron chi connectivity index (χ3n) is 5.78. The molecule has 4 rings (SSSR count). The number of hydrogen-bond donors (Lipinski definition) is 1. The van der Waals surface area contributed by atoms with Crippen molar-refractivity contribution in [3.63, 3.8) is 0 Å². The number of aromatic nitrogens is 2. The number of nitrogens with one attached hydrogen (secondary N) is 1. The zero-order chi connectivity index (χ0) is 22.0. The first kappa shape index (κ1) is 21.3. The first-order chi connectivity index (χ1) is 14.9. The van der Waals surface area contributed by atoms with Gasteiger partial charge in [-0.05, 0) is 49.1 Å². The summed E-state index contributed by atoms with van der Waals surface area (Å²) >= 11 is 0. The number of carbonyl (C=O) groups excluding carboxylic acids is 1. The molecule has 0 aliphatic carbocycles. The van der Waals surface area contributed by atoms with E-state index in [1.165, 1.54) is 4.31 Å². The fourth-order valence-electron chi connectivity index (χ4n) is 3.92. The maximum absolute atomic E-state index is 13.2. The van der Waals surface area contributed by atoms with E-state index in [1.54, 1.807) is 19.4 Å². The molecule has 1 aromatic heterocycles. The Bertz CT molecular complexity index is 1160. The van der Waals surface area contributed by atoms with Crippen LogP contribution in [0.3, 0.4) is 0 Å². The molecule has 0 saturated carbocycles. The fourth-order valence-corrected chi connectivity index (χ4v) is 5.15. The standard InChI is InChI=1S/C23H26N4O3S/c1-3-31(29,30)27-15-20-7-5-4-6-19(20)14-22(27)23(28)25-17(2)18-8-10-21(11-9-18)26-13-12-24-16-26/h4-13,16-17,22H,3,14-15H2,1-2H3,(H,25,28)/t17-,22-/m1/s1. The van der Waals surface area contributed by atoms with Crippen molar-refractivity contribution in [3.8, 4) is 5.69 Å². The second kappa shape index (κ2) is 8.64. The minimum absolute atomic E-state index is 0.0375. The van der Waals surface area contributed by atoms with E-state index in [2.05, 4.69) is 10.3 Å². The van der Waals surface area contributed by atoms with Gasteiger partial charge < -0.3 is 9.88 Å². The number of benzene rings is 2. The van der Waals surface area contributed by atoms with Gasteiger partial charge in [0, 0.05) is 24.6 Å². The summed E-state index contributed by atoms with van der Waals surface area (Å²) in [7, 11) is -3.53. The molecule has 7 nitrogen and oxygen atoms in total. The van der Waals surface area contributed by atoms with E-state index in [0.717, 1.165) is 22.4 Å². The summed E-state index contributed by atoms with van der Waals surface area (Å²) in [5.41, 5.74) is 3.89. The summed E-state index contributed by atoms with van der Waals surface area (Å²) in [4.78, 5) is 17.2. The predicted molar refractivity (Wildman–Crippen MR) is 119 cm³/mol. The molecule has 8 heteroatoms. The van der Waals surface area contributed by atoms with Gasteiger partial charge in [-0.25, -0.2) is 13.4 Å². The fraction of sp³-hybridized carbons (Fsp3) is 0.304. The summed E-state index contributed by atoms with van der Waals surface area (Å²) in [5.74, 6) is -0.317. The molecule has 162 valence electrons. The van der Waals surface area contributed by atoms with E-state index in [0.29, 0.717) is 6.42 Å². The Balaban J connectivity index is 1.53. The average molecular weight is 439 g/mol. The highest BCUT2D eigenvalue weighted by Crippen LogP contribution is 2.27. The largest absolute Gasteiger partial charge is 0.348 e. The first-order valence-corrected chi connectivity index (χ1v) is 11.9. The number of nitrogens with zero attached hydrogens (tertiary/aromatic N) is 3. The van der Waals surface area contributed by atoms with Crippen LogP contribution in [-0.2, 0) is 27.8 Å². The van der Waals surface area contributed by atoms with E-state index in [1.807, 2.05) is 66.2 Å². The van der Waals surface area contributed by atoms with Gasteiger partial charge in [-0.3, -0.25) is 4.79 Å². The quantitative estimate of drug-likeness (QED) is 0.641. The van der Waals surface area contributed by atoms with Crippen molar-refractivity contribution in [2.75, 3.05) is 5.75 Å². The van der Waals surface area contributed by atoms with Gasteiger partial charge in [0.1, 0.15) is 6.04 Å². The van der Waals surface area contributed by atoms with Crippen molar-refractivity contribution in [2.45, 2.75) is 38.9 Å². The highest BCUT2D eigenvalue weighted by atomic mass is 32.2. The maximum atomic E-state index is 13.2. The molecule has 0 fully saturated rings. The van der Waals surface area contributed by atoms with Gasteiger partial charge >= 0.3 is 0 Å². The number of hydrogen-bond acceptors (Lipinski definition) is 4. The van der Waals surface area contributed by atoms with Gasteiger partial charge in [0.2, 0.25) is 15.9 Å². The van der Waals surface area contributed by atoms with Crippen molar-refractivity contribution >= 4 is 15.9 Å². The minimum atomic E-state index is -3.53. The van der Waals surface area contributed by atoms with Gasteiger partial charge in [-0.2, -0.15) is 4.31 Å². The molecule has 1 amide bonds. The van der Waals surface area contributed by atoms with Crippen LogP contribution in [-0.4, -0.2) is 40.0 Å². The van der Waals surface area contributed by atoms with Crippen molar-refractivity contribution in [1.29, 1.82) is 0 Å². The van der Waals surface area contributed by atoms with Crippen molar-refractivity contribution in [3.05, 3.63) is 83.9 Å². The second-order valence-electron chi connectivity index (χ2n) is 7.73. The molecule has 0 bridgehead atoms. The molecular formula is C23H26N4O3S. The second-order valence-corrected chi connectivity index (χ2v) is 9.94. The smallest absolute Gasteiger partial charge is 0.239 e. The van der Waals surface area contributed by atoms with Crippen molar-refractivity contribution in [2.24, 2.45) is 0 Å². The molecule has 3 aromatic rings. The number of rotatable bonds is 6. The topological polar surface area (TPSA) is 84.3 Å². The van der Waals surface area contributed by atoms with E-state index in [-0.39, 0.29) is 24.2 Å². The van der Waals surface area contributed by atoms with Crippen LogP contribution in [0.4, 0.5) is 0 Å². The zero-order valence-electron chi connectivity index (χ0n) is 17.6. The molecule has 2 heterocycles. The highest BCUT2D eigenvalue weighted by Gasteiger charge is 2.38. The van der Waals surface area contributed by atoms with Gasteiger partial charge in [-0.15, -0.1) is 0 Å². The summed E-state index contributed by atoms with van der Waals surface area (Å²) in [6, 6.07) is 14.5. The lowest BCUT2D eigenvalue weighted by Crippen LogP contribution is -2.53. The zero-order valence-corrected chi connectivity index (χ0v) is 18.4. The monoisotopic (exact) mass is 438 g/mol. The van der Waals surface area contributed by atoms with Crippen LogP contribution in [0.15, 0.2) is 67.3 Å².